The molecule has 0 aliphatic heterocycles. The van der Waals surface area contributed by atoms with Crippen molar-refractivity contribution in [1.29, 1.82) is 0 Å². The van der Waals surface area contributed by atoms with E-state index in [0.29, 0.717) is 40.6 Å². The molecule has 0 amide bonds. The van der Waals surface area contributed by atoms with Crippen LogP contribution in [0.15, 0.2) is 24.7 Å². The highest BCUT2D eigenvalue weighted by atomic mass is 19.1. The number of H-pyrrole nitrogens is 1. The van der Waals surface area contributed by atoms with Gasteiger partial charge in [-0.15, -0.1) is 0 Å². The third-order valence-electron chi connectivity index (χ3n) is 5.84. The van der Waals surface area contributed by atoms with Gasteiger partial charge >= 0.3 is 0 Å². The summed E-state index contributed by atoms with van der Waals surface area (Å²) in [5.41, 5.74) is 1.56. The second-order valence-corrected chi connectivity index (χ2v) is 7.98. The van der Waals surface area contributed by atoms with E-state index in [1.807, 2.05) is 6.92 Å². The van der Waals surface area contributed by atoms with E-state index in [2.05, 4.69) is 32.2 Å². The Hall–Kier alpha value is -2.83. The summed E-state index contributed by atoms with van der Waals surface area (Å²) in [6.07, 6.45) is 8.51. The third-order valence-corrected chi connectivity index (χ3v) is 5.84. The number of aromatic amines is 1. The molecule has 1 aliphatic rings. The smallest absolute Gasteiger partial charge is 0.224 e. The fourth-order valence-electron chi connectivity index (χ4n) is 4.17. The Morgan fingerprint density at radius 1 is 1.21 bits per heavy atom. The fourth-order valence-corrected chi connectivity index (χ4v) is 4.17. The molecule has 152 valence electrons. The molecule has 0 aromatic carbocycles. The van der Waals surface area contributed by atoms with Crippen LogP contribution in [0.1, 0.15) is 61.1 Å². The predicted molar refractivity (Wildman–Crippen MR) is 111 cm³/mol. The summed E-state index contributed by atoms with van der Waals surface area (Å²) in [6, 6.07) is 3.34. The van der Waals surface area contributed by atoms with Crippen LogP contribution in [0.2, 0.25) is 0 Å². The van der Waals surface area contributed by atoms with E-state index in [9.17, 15) is 9.18 Å². The zero-order valence-electron chi connectivity index (χ0n) is 16.8. The van der Waals surface area contributed by atoms with Crippen LogP contribution < -0.4 is 5.32 Å². The molecule has 7 heteroatoms. The number of rotatable bonds is 6. The van der Waals surface area contributed by atoms with E-state index in [-0.39, 0.29) is 5.56 Å². The van der Waals surface area contributed by atoms with Crippen LogP contribution in [0.4, 0.5) is 10.2 Å². The molecule has 1 saturated carbocycles. The maximum absolute atomic E-state index is 14.8. The van der Waals surface area contributed by atoms with Gasteiger partial charge in [0, 0.05) is 18.4 Å². The first-order chi connectivity index (χ1) is 14.1. The van der Waals surface area contributed by atoms with Crippen molar-refractivity contribution in [2.75, 3.05) is 11.9 Å². The van der Waals surface area contributed by atoms with E-state index >= 15 is 0 Å². The van der Waals surface area contributed by atoms with Gasteiger partial charge in [0.25, 0.3) is 0 Å². The number of hydrogen-bond acceptors (Lipinski definition) is 5. The SMILES string of the molecule is CCNc1ncnc2[nH]cc(C(=O)c3ccc(CC4CCC(C)CC4)nc3F)c12. The van der Waals surface area contributed by atoms with E-state index in [1.54, 1.807) is 18.3 Å². The van der Waals surface area contributed by atoms with Gasteiger partial charge in [-0.05, 0) is 50.2 Å². The monoisotopic (exact) mass is 395 g/mol. The van der Waals surface area contributed by atoms with Crippen molar-refractivity contribution in [3.63, 3.8) is 0 Å². The van der Waals surface area contributed by atoms with Crippen LogP contribution in [0.3, 0.4) is 0 Å². The molecule has 0 bridgehead atoms. The summed E-state index contributed by atoms with van der Waals surface area (Å²) >= 11 is 0. The van der Waals surface area contributed by atoms with Crippen molar-refractivity contribution in [3.05, 3.63) is 47.4 Å². The van der Waals surface area contributed by atoms with Crippen molar-refractivity contribution in [1.82, 2.24) is 19.9 Å². The molecule has 3 aromatic rings. The molecule has 2 N–H and O–H groups in total. The fraction of sp³-hybridized carbons (Fsp3) is 0.455. The average Bonchev–Trinajstić information content (AvgIpc) is 3.15. The van der Waals surface area contributed by atoms with Crippen LogP contribution in [-0.2, 0) is 6.42 Å². The van der Waals surface area contributed by atoms with Crippen LogP contribution in [0.25, 0.3) is 11.0 Å². The lowest BCUT2D eigenvalue weighted by atomic mass is 9.81. The van der Waals surface area contributed by atoms with Gasteiger partial charge in [-0.1, -0.05) is 19.8 Å². The normalized spacial score (nSPS) is 19.4. The molecule has 1 aliphatic carbocycles. The highest BCUT2D eigenvalue weighted by Crippen LogP contribution is 2.31. The molecule has 29 heavy (non-hydrogen) atoms. The number of anilines is 1. The number of pyridine rings is 1. The molecular formula is C22H26FN5O. The Morgan fingerprint density at radius 2 is 2.00 bits per heavy atom. The maximum Gasteiger partial charge on any atom is 0.224 e. The van der Waals surface area contributed by atoms with Gasteiger partial charge in [-0.25, -0.2) is 15.0 Å². The number of hydrogen-bond donors (Lipinski definition) is 2. The molecule has 6 nitrogen and oxygen atoms in total. The number of halogens is 1. The zero-order chi connectivity index (χ0) is 20.4. The maximum atomic E-state index is 14.8. The number of ketones is 1. The van der Waals surface area contributed by atoms with Crippen LogP contribution in [0, 0.1) is 17.8 Å². The van der Waals surface area contributed by atoms with Crippen molar-refractivity contribution >= 4 is 22.6 Å². The number of carbonyl (C=O) groups is 1. The van der Waals surface area contributed by atoms with Gasteiger partial charge in [0.05, 0.1) is 16.5 Å². The second kappa shape index (κ2) is 8.27. The number of fused-ring (bicyclic) bond motifs is 1. The summed E-state index contributed by atoms with van der Waals surface area (Å²) in [6.45, 7) is 4.87. The highest BCUT2D eigenvalue weighted by Gasteiger charge is 2.23. The minimum Gasteiger partial charge on any atom is -0.370 e. The van der Waals surface area contributed by atoms with Gasteiger partial charge in [0.2, 0.25) is 5.95 Å². The third kappa shape index (κ3) is 3.99. The number of carbonyl (C=O) groups excluding carboxylic acids is 1. The van der Waals surface area contributed by atoms with E-state index < -0.39 is 11.7 Å². The Morgan fingerprint density at radius 3 is 2.72 bits per heavy atom. The Kier molecular flexibility index (Phi) is 5.56. The van der Waals surface area contributed by atoms with Gasteiger partial charge in [-0.2, -0.15) is 4.39 Å². The summed E-state index contributed by atoms with van der Waals surface area (Å²) in [7, 11) is 0. The summed E-state index contributed by atoms with van der Waals surface area (Å²) in [4.78, 5) is 28.5. The van der Waals surface area contributed by atoms with Gasteiger partial charge in [0.1, 0.15) is 17.8 Å². The second-order valence-electron chi connectivity index (χ2n) is 7.98. The minimum atomic E-state index is -0.715. The average molecular weight is 395 g/mol. The Labute approximate surface area is 169 Å². The summed E-state index contributed by atoms with van der Waals surface area (Å²) in [5, 5.41) is 3.69. The standard InChI is InChI=1S/C22H26FN5O/c1-3-24-21-18-17(11-25-22(18)27-12-26-21)19(29)16-9-8-15(28-20(16)23)10-14-6-4-13(2)5-7-14/h8-9,11-14H,3-7,10H2,1-2H3,(H2,24,25,26,27). The molecule has 4 rings (SSSR count). The molecule has 0 spiro atoms. The molecular weight excluding hydrogens is 369 g/mol. The quantitative estimate of drug-likeness (QED) is 0.473. The molecule has 3 heterocycles. The number of nitrogens with zero attached hydrogens (tertiary/aromatic N) is 3. The lowest BCUT2D eigenvalue weighted by molar-refractivity contribution is 0.103. The van der Waals surface area contributed by atoms with Crippen LogP contribution in [-0.4, -0.2) is 32.3 Å². The van der Waals surface area contributed by atoms with Gasteiger partial charge in [0.15, 0.2) is 5.78 Å². The molecule has 0 radical (unpaired) electrons. The lowest BCUT2D eigenvalue weighted by Crippen LogP contribution is -2.16. The lowest BCUT2D eigenvalue weighted by Gasteiger charge is -2.25. The Balaban J connectivity index is 1.59. The topological polar surface area (TPSA) is 83.6 Å². The molecule has 1 fully saturated rings. The molecule has 0 unspecified atom stereocenters. The molecule has 0 saturated heterocycles. The van der Waals surface area contributed by atoms with Gasteiger partial charge < -0.3 is 10.3 Å². The van der Waals surface area contributed by atoms with E-state index in [4.69, 9.17) is 0 Å². The number of aromatic nitrogens is 4. The van der Waals surface area contributed by atoms with Crippen molar-refractivity contribution < 1.29 is 9.18 Å². The summed E-state index contributed by atoms with van der Waals surface area (Å²) in [5.74, 6) is 0.746. The highest BCUT2D eigenvalue weighted by molar-refractivity contribution is 6.17. The first kappa shape index (κ1) is 19.5. The van der Waals surface area contributed by atoms with E-state index in [1.165, 1.54) is 19.2 Å². The summed E-state index contributed by atoms with van der Waals surface area (Å²) < 4.78 is 14.8. The first-order valence-corrected chi connectivity index (χ1v) is 10.3. The largest absolute Gasteiger partial charge is 0.370 e. The minimum absolute atomic E-state index is 0.0294. The molecule has 0 atom stereocenters. The van der Waals surface area contributed by atoms with Crippen molar-refractivity contribution in [2.45, 2.75) is 46.0 Å². The number of nitrogens with one attached hydrogen (secondary N) is 2. The predicted octanol–water partition coefficient (Wildman–Crippen LogP) is 4.52. The van der Waals surface area contributed by atoms with E-state index in [0.717, 1.165) is 25.2 Å². The Bertz CT molecular complexity index is 1020. The first-order valence-electron chi connectivity index (χ1n) is 10.3. The van der Waals surface area contributed by atoms with Gasteiger partial charge in [-0.3, -0.25) is 4.79 Å². The van der Waals surface area contributed by atoms with Crippen molar-refractivity contribution in [2.24, 2.45) is 11.8 Å². The van der Waals surface area contributed by atoms with Crippen LogP contribution >= 0.6 is 0 Å². The van der Waals surface area contributed by atoms with Crippen LogP contribution in [0.5, 0.6) is 0 Å². The van der Waals surface area contributed by atoms with Crippen molar-refractivity contribution in [3.8, 4) is 0 Å². The molecule has 3 aromatic heterocycles. The zero-order valence-corrected chi connectivity index (χ0v) is 16.8.